The lowest BCUT2D eigenvalue weighted by Crippen LogP contribution is -3.00. The number of likely N-dealkylation sites (N-methyl/N-ethyl adjacent to an activating group) is 1. The normalized spacial score (nSPS) is 12.9. The second kappa shape index (κ2) is 19.0. The molecule has 2 nitrogen and oxygen atoms in total. The van der Waals surface area contributed by atoms with Gasteiger partial charge in [-0.05, 0) is 25.3 Å². The Morgan fingerprint density at radius 1 is 0.727 bits per heavy atom. The fourth-order valence-electron chi connectivity index (χ4n) is 3.13. The molecule has 3 heteroatoms. The Bertz CT molecular complexity index is 223. The third-order valence-corrected chi connectivity index (χ3v) is 4.38. The molecule has 0 saturated carbocycles. The van der Waals surface area contributed by atoms with Crippen LogP contribution < -0.4 is 12.4 Å². The summed E-state index contributed by atoms with van der Waals surface area (Å²) in [5.41, 5.74) is 0. The van der Waals surface area contributed by atoms with E-state index in [9.17, 15) is 0 Å². The molecule has 0 rings (SSSR count). The quantitative estimate of drug-likeness (QED) is 0.249. The van der Waals surface area contributed by atoms with Crippen LogP contribution >= 0.6 is 0 Å². The van der Waals surface area contributed by atoms with E-state index in [1.54, 1.807) is 0 Å². The predicted molar refractivity (Wildman–Crippen MR) is 96.7 cm³/mol. The van der Waals surface area contributed by atoms with Crippen molar-refractivity contribution < 1.29 is 22.4 Å². The molecule has 0 radical (unpaired) electrons. The van der Waals surface area contributed by atoms with Gasteiger partial charge >= 0.3 is 0 Å². The van der Waals surface area contributed by atoms with Gasteiger partial charge in [-0.2, -0.15) is 0 Å². The lowest BCUT2D eigenvalue weighted by atomic mass is 10.1. The van der Waals surface area contributed by atoms with E-state index in [0.29, 0.717) is 0 Å². The molecule has 0 aromatic carbocycles. The molecule has 0 bridgehead atoms. The molecule has 0 aliphatic carbocycles. The molecule has 22 heavy (non-hydrogen) atoms. The Kier molecular flexibility index (Phi) is 23.2. The summed E-state index contributed by atoms with van der Waals surface area (Å²) >= 11 is 0. The van der Waals surface area contributed by atoms with Gasteiger partial charge in [-0.25, -0.2) is 0 Å². The zero-order chi connectivity index (χ0) is 15.1. The van der Waals surface area contributed by atoms with Gasteiger partial charge in [0.1, 0.15) is 0 Å². The number of unbranched alkanes of at least 4 members (excludes halogenated alkanes) is 9. The molecule has 136 valence electrons. The number of hydrogen-bond donors (Lipinski definition) is 0. The maximum absolute atomic E-state index is 3.91. The van der Waals surface area contributed by atoms with E-state index in [0.717, 1.165) is 6.54 Å². The summed E-state index contributed by atoms with van der Waals surface area (Å²) in [7, 11) is 2.39. The summed E-state index contributed by atoms with van der Waals surface area (Å²) < 4.78 is 1.19. The lowest BCUT2D eigenvalue weighted by molar-refractivity contribution is -0.904. The summed E-state index contributed by atoms with van der Waals surface area (Å²) in [6.45, 7) is 12.2. The van der Waals surface area contributed by atoms with Crippen LogP contribution in [-0.2, 0) is 0 Å². The van der Waals surface area contributed by atoms with Crippen LogP contribution in [0.1, 0.15) is 84.5 Å². The first-order chi connectivity index (χ1) is 9.68. The van der Waals surface area contributed by atoms with Gasteiger partial charge in [0.05, 0.1) is 26.7 Å². The third kappa shape index (κ3) is 16.3. The highest BCUT2D eigenvalue weighted by Crippen LogP contribution is 2.13. The molecular weight excluding hydrogens is 294 g/mol. The van der Waals surface area contributed by atoms with Crippen molar-refractivity contribution in [1.82, 2.24) is 0 Å². The average Bonchev–Trinajstić information content (AvgIpc) is 2.41. The maximum atomic E-state index is 3.91. The van der Waals surface area contributed by atoms with E-state index in [2.05, 4.69) is 33.6 Å². The van der Waals surface area contributed by atoms with E-state index < -0.39 is 0 Å². The van der Waals surface area contributed by atoms with Gasteiger partial charge in [-0.1, -0.05) is 71.8 Å². The van der Waals surface area contributed by atoms with E-state index >= 15 is 0 Å². The smallest absolute Gasteiger partial charge is 0.0969 e. The van der Waals surface area contributed by atoms with Crippen molar-refractivity contribution in [3.8, 4) is 0 Å². The van der Waals surface area contributed by atoms with Gasteiger partial charge in [0.2, 0.25) is 0 Å². The second-order valence-electron chi connectivity index (χ2n) is 6.72. The van der Waals surface area contributed by atoms with Crippen molar-refractivity contribution >= 4 is 0 Å². The fourth-order valence-corrected chi connectivity index (χ4v) is 3.13. The molecule has 1 unspecified atom stereocenters. The standard InChI is InChI=1S/C19H40N.ClH.H2O/c1-5-8-9-10-11-12-13-14-15-16-19-20(4,17-6-2)18-7-3;;/h6H,2,5,7-19H2,1,3-4H3;1H;1H2/q+1;;/p-1. The molecule has 0 fully saturated rings. The monoisotopic (exact) mass is 335 g/mol. The van der Waals surface area contributed by atoms with Crippen LogP contribution in [0.2, 0.25) is 0 Å². The number of hydrogen-bond acceptors (Lipinski definition) is 0. The average molecular weight is 336 g/mol. The molecule has 0 aliphatic heterocycles. The zero-order valence-electron chi connectivity index (χ0n) is 15.5. The highest BCUT2D eigenvalue weighted by atomic mass is 35.5. The Hall–Kier alpha value is -0.0500. The third-order valence-electron chi connectivity index (χ3n) is 4.38. The van der Waals surface area contributed by atoms with E-state index in [1.165, 1.54) is 88.2 Å². The van der Waals surface area contributed by atoms with Crippen molar-refractivity contribution in [1.29, 1.82) is 0 Å². The molecule has 1 atom stereocenters. The highest BCUT2D eigenvalue weighted by Gasteiger charge is 2.17. The predicted octanol–water partition coefficient (Wildman–Crippen LogP) is 2.13. The molecule has 0 saturated heterocycles. The van der Waals surface area contributed by atoms with Crippen molar-refractivity contribution in [3.05, 3.63) is 12.7 Å². The minimum atomic E-state index is 0. The maximum Gasteiger partial charge on any atom is 0.0969 e. The van der Waals surface area contributed by atoms with Crippen molar-refractivity contribution in [2.75, 3.05) is 26.7 Å². The molecule has 0 aromatic heterocycles. The molecule has 2 N–H and O–H groups in total. The van der Waals surface area contributed by atoms with Crippen LogP contribution in [0.15, 0.2) is 12.7 Å². The SMILES string of the molecule is C=CC[N+](C)(CCC)CCCCCCCCCCCC.O.[Cl-]. The largest absolute Gasteiger partial charge is 1.00 e. The van der Waals surface area contributed by atoms with Gasteiger partial charge in [0.25, 0.3) is 0 Å². The van der Waals surface area contributed by atoms with Gasteiger partial charge < -0.3 is 22.4 Å². The molecule has 0 heterocycles. The molecule has 0 aliphatic rings. The summed E-state index contributed by atoms with van der Waals surface area (Å²) in [6, 6.07) is 0. The Morgan fingerprint density at radius 3 is 1.59 bits per heavy atom. The van der Waals surface area contributed by atoms with Gasteiger partial charge in [-0.15, -0.1) is 0 Å². The molecule has 0 spiro atoms. The summed E-state index contributed by atoms with van der Waals surface area (Å²) in [6.07, 6.45) is 17.7. The number of quaternary nitrogens is 1. The molecular formula is C19H42ClNO. The topological polar surface area (TPSA) is 31.5 Å². The van der Waals surface area contributed by atoms with E-state index in [-0.39, 0.29) is 17.9 Å². The second-order valence-corrected chi connectivity index (χ2v) is 6.72. The fraction of sp³-hybridized carbons (Fsp3) is 0.895. The minimum absolute atomic E-state index is 0. The number of rotatable bonds is 15. The first-order valence-electron chi connectivity index (χ1n) is 9.13. The van der Waals surface area contributed by atoms with E-state index in [4.69, 9.17) is 0 Å². The van der Waals surface area contributed by atoms with Crippen LogP contribution in [0, 0.1) is 0 Å². The van der Waals surface area contributed by atoms with Crippen LogP contribution in [0.5, 0.6) is 0 Å². The highest BCUT2D eigenvalue weighted by molar-refractivity contribution is 4.65. The number of halogens is 1. The van der Waals surface area contributed by atoms with Crippen LogP contribution in [0.4, 0.5) is 0 Å². The van der Waals surface area contributed by atoms with E-state index in [1.807, 2.05) is 0 Å². The Balaban J connectivity index is -0.00000180. The summed E-state index contributed by atoms with van der Waals surface area (Å²) in [5, 5.41) is 0. The Labute approximate surface area is 146 Å². The first kappa shape index (κ1) is 26.8. The zero-order valence-corrected chi connectivity index (χ0v) is 16.3. The molecule has 0 amide bonds. The minimum Gasteiger partial charge on any atom is -1.00 e. The molecule has 0 aromatic rings. The van der Waals surface area contributed by atoms with Crippen LogP contribution in [0.25, 0.3) is 0 Å². The Morgan fingerprint density at radius 2 is 1.18 bits per heavy atom. The van der Waals surface area contributed by atoms with Crippen LogP contribution in [-0.4, -0.2) is 36.6 Å². The first-order valence-corrected chi connectivity index (χ1v) is 9.13. The van der Waals surface area contributed by atoms with Gasteiger partial charge in [-0.3, -0.25) is 0 Å². The summed E-state index contributed by atoms with van der Waals surface area (Å²) in [4.78, 5) is 0. The summed E-state index contributed by atoms with van der Waals surface area (Å²) in [5.74, 6) is 0. The lowest BCUT2D eigenvalue weighted by Gasteiger charge is -2.33. The van der Waals surface area contributed by atoms with Crippen molar-refractivity contribution in [2.24, 2.45) is 0 Å². The van der Waals surface area contributed by atoms with Crippen molar-refractivity contribution in [3.63, 3.8) is 0 Å². The number of nitrogens with zero attached hydrogens (tertiary/aromatic N) is 1. The van der Waals surface area contributed by atoms with Crippen molar-refractivity contribution in [2.45, 2.75) is 84.5 Å². The van der Waals surface area contributed by atoms with Gasteiger partial charge in [0.15, 0.2) is 0 Å². The van der Waals surface area contributed by atoms with Crippen LogP contribution in [0.3, 0.4) is 0 Å². The van der Waals surface area contributed by atoms with Gasteiger partial charge in [0, 0.05) is 0 Å².